The molecule has 0 saturated carbocycles. The molecule has 0 fully saturated rings. The van der Waals surface area contributed by atoms with Crippen molar-refractivity contribution in [3.8, 4) is 0 Å². The van der Waals surface area contributed by atoms with E-state index >= 15 is 0 Å². The number of nitrogen functional groups attached to an aromatic ring is 1. The number of nitrogens with two attached hydrogens (primary N) is 2. The number of hydrazine groups is 1. The van der Waals surface area contributed by atoms with Crippen molar-refractivity contribution in [3.63, 3.8) is 0 Å². The van der Waals surface area contributed by atoms with Crippen molar-refractivity contribution < 1.29 is 0 Å². The molecular weight excluding hydrogens is 214 g/mol. The monoisotopic (exact) mass is 235 g/mol. The van der Waals surface area contributed by atoms with Crippen molar-refractivity contribution >= 4 is 5.82 Å². The Morgan fingerprint density at radius 3 is 2.88 bits per heavy atom. The third-order valence-electron chi connectivity index (χ3n) is 3.44. The van der Waals surface area contributed by atoms with Crippen LogP contribution < -0.4 is 17.0 Å². The molecule has 0 aliphatic heterocycles. The molecule has 0 amide bonds. The number of aryl methyl sites for hydroxylation is 1. The van der Waals surface area contributed by atoms with Gasteiger partial charge >= 0.3 is 0 Å². The van der Waals surface area contributed by atoms with Crippen molar-refractivity contribution in [2.75, 3.05) is 5.73 Å². The van der Waals surface area contributed by atoms with Crippen LogP contribution in [0.5, 0.6) is 0 Å². The van der Waals surface area contributed by atoms with Gasteiger partial charge in [-0.15, -0.1) is 0 Å². The van der Waals surface area contributed by atoms with E-state index in [1.54, 1.807) is 10.9 Å². The van der Waals surface area contributed by atoms with Crippen LogP contribution in [0.15, 0.2) is 17.8 Å². The number of hydrogen-bond acceptors (Lipinski definition) is 4. The predicted octanol–water partition coefficient (Wildman–Crippen LogP) is 1.40. The molecule has 5 nitrogen and oxygen atoms in total. The van der Waals surface area contributed by atoms with Crippen molar-refractivity contribution in [1.29, 1.82) is 0 Å². The van der Waals surface area contributed by atoms with Crippen LogP contribution in [0.2, 0.25) is 0 Å². The highest BCUT2D eigenvalue weighted by atomic mass is 15.3. The molecule has 94 valence electrons. The molecular formula is C12H21N5. The SMILES string of the molecule is Cn1ncc(C(NN)C2=CCCCCC2)c1N. The fourth-order valence-electron chi connectivity index (χ4n) is 2.38. The zero-order chi connectivity index (χ0) is 12.3. The smallest absolute Gasteiger partial charge is 0.126 e. The summed E-state index contributed by atoms with van der Waals surface area (Å²) in [5.41, 5.74) is 11.2. The van der Waals surface area contributed by atoms with E-state index in [0.717, 1.165) is 18.4 Å². The largest absolute Gasteiger partial charge is 0.384 e. The van der Waals surface area contributed by atoms with Crippen LogP contribution in [-0.4, -0.2) is 9.78 Å². The molecule has 1 unspecified atom stereocenters. The van der Waals surface area contributed by atoms with E-state index in [-0.39, 0.29) is 6.04 Å². The van der Waals surface area contributed by atoms with Crippen LogP contribution in [0.25, 0.3) is 0 Å². The number of allylic oxidation sites excluding steroid dienone is 1. The molecule has 1 atom stereocenters. The van der Waals surface area contributed by atoms with Crippen molar-refractivity contribution in [1.82, 2.24) is 15.2 Å². The molecule has 5 N–H and O–H groups in total. The summed E-state index contributed by atoms with van der Waals surface area (Å²) in [6.45, 7) is 0. The lowest BCUT2D eigenvalue weighted by molar-refractivity contribution is 0.594. The lowest BCUT2D eigenvalue weighted by Gasteiger charge is -2.18. The van der Waals surface area contributed by atoms with E-state index in [2.05, 4.69) is 16.6 Å². The standard InChI is InChI=1S/C12H21N5/c1-17-12(13)10(8-15-17)11(16-14)9-6-4-2-3-5-7-9/h6,8,11,16H,2-5,7,13-14H2,1H3. The van der Waals surface area contributed by atoms with Crippen LogP contribution >= 0.6 is 0 Å². The van der Waals surface area contributed by atoms with Gasteiger partial charge in [-0.25, -0.2) is 5.43 Å². The van der Waals surface area contributed by atoms with E-state index in [1.807, 2.05) is 7.05 Å². The molecule has 1 aromatic rings. The molecule has 2 rings (SSSR count). The Kier molecular flexibility index (Phi) is 3.81. The number of hydrogen-bond donors (Lipinski definition) is 3. The summed E-state index contributed by atoms with van der Waals surface area (Å²) in [7, 11) is 1.84. The molecule has 17 heavy (non-hydrogen) atoms. The molecule has 1 aliphatic rings. The zero-order valence-electron chi connectivity index (χ0n) is 10.3. The molecule has 0 radical (unpaired) electrons. The average molecular weight is 235 g/mol. The predicted molar refractivity (Wildman–Crippen MR) is 68.9 cm³/mol. The molecule has 1 aromatic heterocycles. The third kappa shape index (κ3) is 2.50. The van der Waals surface area contributed by atoms with Gasteiger partial charge in [0, 0.05) is 12.6 Å². The van der Waals surface area contributed by atoms with Gasteiger partial charge in [-0.1, -0.05) is 18.1 Å². The van der Waals surface area contributed by atoms with E-state index in [0.29, 0.717) is 5.82 Å². The summed E-state index contributed by atoms with van der Waals surface area (Å²) in [5.74, 6) is 6.36. The van der Waals surface area contributed by atoms with Gasteiger partial charge in [0.2, 0.25) is 0 Å². The minimum absolute atomic E-state index is 0.00167. The summed E-state index contributed by atoms with van der Waals surface area (Å²) >= 11 is 0. The maximum absolute atomic E-state index is 6.00. The topological polar surface area (TPSA) is 81.9 Å². The molecule has 0 aromatic carbocycles. The van der Waals surface area contributed by atoms with Crippen LogP contribution in [0.1, 0.15) is 43.7 Å². The van der Waals surface area contributed by atoms with Gasteiger partial charge in [0.1, 0.15) is 5.82 Å². The second kappa shape index (κ2) is 5.33. The lowest BCUT2D eigenvalue weighted by atomic mass is 9.97. The second-order valence-electron chi connectivity index (χ2n) is 4.59. The highest BCUT2D eigenvalue weighted by Gasteiger charge is 2.20. The van der Waals surface area contributed by atoms with Gasteiger partial charge in [-0.2, -0.15) is 5.10 Å². The summed E-state index contributed by atoms with van der Waals surface area (Å²) in [4.78, 5) is 0. The third-order valence-corrected chi connectivity index (χ3v) is 3.44. The quantitative estimate of drug-likeness (QED) is 0.420. The molecule has 1 aliphatic carbocycles. The van der Waals surface area contributed by atoms with E-state index in [1.165, 1.54) is 24.8 Å². The van der Waals surface area contributed by atoms with Crippen LogP contribution in [0.4, 0.5) is 5.82 Å². The van der Waals surface area contributed by atoms with Gasteiger partial charge in [0.15, 0.2) is 0 Å². The Hall–Kier alpha value is -1.33. The van der Waals surface area contributed by atoms with E-state index < -0.39 is 0 Å². The number of aromatic nitrogens is 2. The molecule has 0 saturated heterocycles. The van der Waals surface area contributed by atoms with Gasteiger partial charge in [0.05, 0.1) is 12.2 Å². The normalized spacial score (nSPS) is 18.6. The number of nitrogens with zero attached hydrogens (tertiary/aromatic N) is 2. The average Bonchev–Trinajstić information content (AvgIpc) is 2.59. The molecule has 0 spiro atoms. The number of rotatable bonds is 3. The van der Waals surface area contributed by atoms with Crippen LogP contribution in [-0.2, 0) is 7.05 Å². The minimum atomic E-state index is 0.00167. The van der Waals surface area contributed by atoms with E-state index in [9.17, 15) is 0 Å². The zero-order valence-corrected chi connectivity index (χ0v) is 10.3. The Morgan fingerprint density at radius 2 is 2.24 bits per heavy atom. The first-order valence-corrected chi connectivity index (χ1v) is 6.16. The molecule has 0 bridgehead atoms. The van der Waals surface area contributed by atoms with Gasteiger partial charge in [-0.3, -0.25) is 10.5 Å². The first kappa shape index (κ1) is 12.1. The van der Waals surface area contributed by atoms with Crippen molar-refractivity contribution in [3.05, 3.63) is 23.4 Å². The van der Waals surface area contributed by atoms with Gasteiger partial charge < -0.3 is 5.73 Å². The minimum Gasteiger partial charge on any atom is -0.384 e. The van der Waals surface area contributed by atoms with Crippen LogP contribution in [0.3, 0.4) is 0 Å². The number of nitrogens with one attached hydrogen (secondary N) is 1. The van der Waals surface area contributed by atoms with Crippen molar-refractivity contribution in [2.45, 2.75) is 38.1 Å². The fourth-order valence-corrected chi connectivity index (χ4v) is 2.38. The van der Waals surface area contributed by atoms with Gasteiger partial charge in [-0.05, 0) is 25.7 Å². The van der Waals surface area contributed by atoms with Crippen molar-refractivity contribution in [2.24, 2.45) is 12.9 Å². The van der Waals surface area contributed by atoms with Gasteiger partial charge in [0.25, 0.3) is 0 Å². The summed E-state index contributed by atoms with van der Waals surface area (Å²) in [6, 6.07) is 0.00167. The Morgan fingerprint density at radius 1 is 1.41 bits per heavy atom. The highest BCUT2D eigenvalue weighted by molar-refractivity contribution is 5.44. The van der Waals surface area contributed by atoms with E-state index in [4.69, 9.17) is 11.6 Å². The molecule has 5 heteroatoms. The summed E-state index contributed by atoms with van der Waals surface area (Å²) < 4.78 is 1.68. The fraction of sp³-hybridized carbons (Fsp3) is 0.583. The Bertz CT molecular complexity index is 407. The Balaban J connectivity index is 2.26. The summed E-state index contributed by atoms with van der Waals surface area (Å²) in [6.07, 6.45) is 10.1. The second-order valence-corrected chi connectivity index (χ2v) is 4.59. The maximum Gasteiger partial charge on any atom is 0.126 e. The Labute approximate surface area is 102 Å². The van der Waals surface area contributed by atoms with Crippen LogP contribution in [0, 0.1) is 0 Å². The number of anilines is 1. The summed E-state index contributed by atoms with van der Waals surface area (Å²) in [5, 5.41) is 4.17. The first-order valence-electron chi connectivity index (χ1n) is 6.16. The highest BCUT2D eigenvalue weighted by Crippen LogP contribution is 2.31. The molecule has 1 heterocycles. The lowest BCUT2D eigenvalue weighted by Crippen LogP contribution is -2.30. The maximum atomic E-state index is 6.00. The first-order chi connectivity index (χ1) is 8.24.